The Morgan fingerprint density at radius 2 is 2.00 bits per heavy atom. The van der Waals surface area contributed by atoms with Crippen LogP contribution in [0.5, 0.6) is 0 Å². The Balaban J connectivity index is 2.33. The molecule has 0 aliphatic heterocycles. The summed E-state index contributed by atoms with van der Waals surface area (Å²) in [5.74, 6) is 0.0933. The number of sulfone groups is 1. The van der Waals surface area contributed by atoms with E-state index in [0.29, 0.717) is 15.1 Å². The van der Waals surface area contributed by atoms with Crippen LogP contribution in [0.3, 0.4) is 0 Å². The average molecular weight is 304 g/mol. The molecule has 0 fully saturated rings. The first kappa shape index (κ1) is 13.4. The topological polar surface area (TPSA) is 98.8 Å². The minimum absolute atomic E-state index is 0.0245. The summed E-state index contributed by atoms with van der Waals surface area (Å²) in [7, 11) is -3.06. The van der Waals surface area contributed by atoms with Gasteiger partial charge in [-0.05, 0) is 6.92 Å². The lowest BCUT2D eigenvalue weighted by atomic mass is 10.4. The molecule has 0 amide bonds. The fraction of sp³-hybridized carbons (Fsp3) is 0.444. The number of hydrogen-bond donors (Lipinski definition) is 1. The van der Waals surface area contributed by atoms with Gasteiger partial charge in [-0.1, -0.05) is 18.3 Å². The Morgan fingerprint density at radius 1 is 1.28 bits per heavy atom. The van der Waals surface area contributed by atoms with Crippen molar-refractivity contribution in [1.29, 1.82) is 0 Å². The molecule has 2 heterocycles. The zero-order valence-corrected chi connectivity index (χ0v) is 12.3. The number of aromatic nitrogens is 3. The Bertz CT molecular complexity index is 659. The van der Waals surface area contributed by atoms with Gasteiger partial charge in [0, 0.05) is 5.75 Å². The van der Waals surface area contributed by atoms with Crippen molar-refractivity contribution >= 4 is 37.6 Å². The van der Waals surface area contributed by atoms with Crippen LogP contribution in [0.2, 0.25) is 0 Å². The van der Waals surface area contributed by atoms with Gasteiger partial charge in [-0.3, -0.25) is 0 Å². The highest BCUT2D eigenvalue weighted by Gasteiger charge is 2.17. The van der Waals surface area contributed by atoms with Crippen LogP contribution in [-0.4, -0.2) is 29.4 Å². The van der Waals surface area contributed by atoms with Crippen LogP contribution in [0.25, 0.3) is 9.88 Å². The molecule has 0 aliphatic rings. The van der Waals surface area contributed by atoms with Gasteiger partial charge in [0.05, 0.1) is 10.6 Å². The van der Waals surface area contributed by atoms with E-state index in [0.717, 1.165) is 10.6 Å². The number of nitrogens with two attached hydrogens (primary N) is 1. The van der Waals surface area contributed by atoms with Gasteiger partial charge in [0.15, 0.2) is 14.8 Å². The van der Waals surface area contributed by atoms with Crippen molar-refractivity contribution in [3.05, 3.63) is 10.7 Å². The van der Waals surface area contributed by atoms with E-state index in [1.54, 1.807) is 6.92 Å². The van der Waals surface area contributed by atoms with Crippen molar-refractivity contribution in [3.8, 4) is 9.88 Å². The van der Waals surface area contributed by atoms with Crippen molar-refractivity contribution in [2.75, 3.05) is 11.5 Å². The van der Waals surface area contributed by atoms with Crippen LogP contribution in [0.1, 0.15) is 17.6 Å². The van der Waals surface area contributed by atoms with Crippen molar-refractivity contribution < 1.29 is 8.42 Å². The van der Waals surface area contributed by atoms with E-state index < -0.39 is 9.84 Å². The third-order valence-electron chi connectivity index (χ3n) is 2.26. The zero-order chi connectivity index (χ0) is 13.3. The van der Waals surface area contributed by atoms with Gasteiger partial charge in [0.25, 0.3) is 0 Å². The molecule has 0 saturated carbocycles. The van der Waals surface area contributed by atoms with E-state index in [4.69, 9.17) is 5.73 Å². The molecule has 0 radical (unpaired) electrons. The number of hydrogen-bond acceptors (Lipinski definition) is 8. The molecule has 98 valence electrons. The molecule has 2 aromatic rings. The van der Waals surface area contributed by atoms with E-state index in [2.05, 4.69) is 15.2 Å². The molecule has 0 unspecified atom stereocenters. The highest BCUT2D eigenvalue weighted by atomic mass is 32.2. The Kier molecular flexibility index (Phi) is 3.64. The van der Waals surface area contributed by atoms with Gasteiger partial charge in [-0.15, -0.1) is 21.5 Å². The molecular weight excluding hydrogens is 292 g/mol. The van der Waals surface area contributed by atoms with Crippen molar-refractivity contribution in [1.82, 2.24) is 15.2 Å². The molecule has 0 saturated heterocycles. The minimum Gasteiger partial charge on any atom is -0.374 e. The molecule has 0 aliphatic carbocycles. The standard InChI is InChI=1S/C9H12N4O2S3/c1-3-18(14,15)4-6-11-5(2)7(16-6)8-12-13-9(10)17-8/h3-4H2,1-2H3,(H2,10,13). The summed E-state index contributed by atoms with van der Waals surface area (Å²) >= 11 is 2.60. The summed E-state index contributed by atoms with van der Waals surface area (Å²) in [5, 5.41) is 9.34. The van der Waals surface area contributed by atoms with E-state index in [1.807, 2.05) is 6.92 Å². The van der Waals surface area contributed by atoms with Crippen LogP contribution < -0.4 is 5.73 Å². The van der Waals surface area contributed by atoms with Crippen LogP contribution in [-0.2, 0) is 15.6 Å². The summed E-state index contributed by atoms with van der Waals surface area (Å²) in [6.45, 7) is 3.45. The Morgan fingerprint density at radius 3 is 2.56 bits per heavy atom. The lowest BCUT2D eigenvalue weighted by Crippen LogP contribution is -2.06. The van der Waals surface area contributed by atoms with E-state index in [-0.39, 0.29) is 11.5 Å². The first-order chi connectivity index (χ1) is 8.41. The maximum atomic E-state index is 11.6. The zero-order valence-electron chi connectivity index (χ0n) is 9.87. The van der Waals surface area contributed by atoms with Crippen LogP contribution >= 0.6 is 22.7 Å². The third-order valence-corrected chi connectivity index (χ3v) is 6.10. The monoisotopic (exact) mass is 304 g/mol. The second kappa shape index (κ2) is 4.90. The first-order valence-corrected chi connectivity index (χ1v) is 8.63. The lowest BCUT2D eigenvalue weighted by molar-refractivity contribution is 0.596. The van der Waals surface area contributed by atoms with Gasteiger partial charge < -0.3 is 5.73 Å². The van der Waals surface area contributed by atoms with Gasteiger partial charge in [0.2, 0.25) is 5.13 Å². The molecular formula is C9H12N4O2S3. The SMILES string of the molecule is CCS(=O)(=O)Cc1nc(C)c(-c2nnc(N)s2)s1. The van der Waals surface area contributed by atoms with E-state index >= 15 is 0 Å². The average Bonchev–Trinajstić information content (AvgIpc) is 2.84. The Hall–Kier alpha value is -1.06. The number of aryl methyl sites for hydroxylation is 1. The van der Waals surface area contributed by atoms with Crippen molar-refractivity contribution in [3.63, 3.8) is 0 Å². The van der Waals surface area contributed by atoms with Gasteiger partial charge in [-0.2, -0.15) is 0 Å². The third kappa shape index (κ3) is 2.85. The molecule has 18 heavy (non-hydrogen) atoms. The molecule has 0 aromatic carbocycles. The largest absolute Gasteiger partial charge is 0.374 e. The molecule has 0 bridgehead atoms. The van der Waals surface area contributed by atoms with E-state index in [1.165, 1.54) is 22.7 Å². The molecule has 2 rings (SSSR count). The summed E-state index contributed by atoms with van der Waals surface area (Å²) in [5.41, 5.74) is 6.29. The number of anilines is 1. The number of nitrogens with zero attached hydrogens (tertiary/aromatic N) is 3. The second-order valence-electron chi connectivity index (χ2n) is 3.64. The highest BCUT2D eigenvalue weighted by molar-refractivity contribution is 7.90. The van der Waals surface area contributed by atoms with Gasteiger partial charge in [-0.25, -0.2) is 13.4 Å². The fourth-order valence-electron chi connectivity index (χ4n) is 1.33. The Labute approximate surface area is 113 Å². The molecule has 2 N–H and O–H groups in total. The van der Waals surface area contributed by atoms with Crippen LogP contribution in [0, 0.1) is 6.92 Å². The van der Waals surface area contributed by atoms with E-state index in [9.17, 15) is 8.42 Å². The maximum absolute atomic E-state index is 11.6. The molecule has 0 atom stereocenters. The molecule has 2 aromatic heterocycles. The summed E-state index contributed by atoms with van der Waals surface area (Å²) in [6, 6.07) is 0. The second-order valence-corrected chi connectivity index (χ2v) is 8.09. The predicted octanol–water partition coefficient (Wildman–Crippen LogP) is 1.49. The summed E-state index contributed by atoms with van der Waals surface area (Å²) < 4.78 is 23.1. The first-order valence-electron chi connectivity index (χ1n) is 5.17. The van der Waals surface area contributed by atoms with Crippen molar-refractivity contribution in [2.24, 2.45) is 0 Å². The molecule has 6 nitrogen and oxygen atoms in total. The maximum Gasteiger partial charge on any atom is 0.203 e. The van der Waals surface area contributed by atoms with Gasteiger partial charge >= 0.3 is 0 Å². The fourth-order valence-corrected chi connectivity index (χ4v) is 4.34. The number of nitrogen functional groups attached to an aromatic ring is 1. The van der Waals surface area contributed by atoms with Crippen LogP contribution in [0.15, 0.2) is 0 Å². The highest BCUT2D eigenvalue weighted by Crippen LogP contribution is 2.33. The molecule has 0 spiro atoms. The van der Waals surface area contributed by atoms with Crippen LogP contribution in [0.4, 0.5) is 5.13 Å². The minimum atomic E-state index is -3.06. The summed E-state index contributed by atoms with van der Waals surface area (Å²) in [4.78, 5) is 5.11. The smallest absolute Gasteiger partial charge is 0.203 e. The lowest BCUT2D eigenvalue weighted by Gasteiger charge is -1.95. The predicted molar refractivity (Wildman–Crippen MR) is 73.3 cm³/mol. The normalized spacial score (nSPS) is 11.9. The quantitative estimate of drug-likeness (QED) is 0.918. The summed E-state index contributed by atoms with van der Waals surface area (Å²) in [6.07, 6.45) is 0. The number of rotatable bonds is 4. The van der Waals surface area contributed by atoms with Gasteiger partial charge in [0.1, 0.15) is 10.8 Å². The number of thiazole rings is 1. The molecule has 9 heteroatoms. The van der Waals surface area contributed by atoms with Crippen molar-refractivity contribution in [2.45, 2.75) is 19.6 Å².